The number of halogens is 2. The summed E-state index contributed by atoms with van der Waals surface area (Å²) in [6, 6.07) is 4.80. The van der Waals surface area contributed by atoms with Gasteiger partial charge in [-0.3, -0.25) is 0 Å². The number of nitrogens with zero attached hydrogens (tertiary/aromatic N) is 2. The summed E-state index contributed by atoms with van der Waals surface area (Å²) in [5, 5.41) is 0. The lowest BCUT2D eigenvalue weighted by Gasteiger charge is -2.34. The van der Waals surface area contributed by atoms with Crippen LogP contribution in [0.1, 0.15) is 44.5 Å². The van der Waals surface area contributed by atoms with Crippen LogP contribution in [0.5, 0.6) is 0 Å². The number of likely N-dealkylation sites (tertiary alicyclic amines) is 1. The lowest BCUT2D eigenvalue weighted by atomic mass is 9.94. The van der Waals surface area contributed by atoms with Crippen molar-refractivity contribution in [2.45, 2.75) is 51.8 Å². The number of imidazole rings is 1. The summed E-state index contributed by atoms with van der Waals surface area (Å²) < 4.78 is 33.5. The molecule has 0 spiro atoms. The van der Waals surface area contributed by atoms with Gasteiger partial charge in [-0.1, -0.05) is 0 Å². The van der Waals surface area contributed by atoms with E-state index in [1.54, 1.807) is 46.0 Å². The topological polar surface area (TPSA) is 58.2 Å². The van der Waals surface area contributed by atoms with Gasteiger partial charge in [0.2, 0.25) is 0 Å². The molecule has 0 aliphatic carbocycles. The molecule has 1 saturated heterocycles. The van der Waals surface area contributed by atoms with Gasteiger partial charge in [-0.25, -0.2) is 18.6 Å². The first kappa shape index (κ1) is 19.3. The van der Waals surface area contributed by atoms with E-state index < -0.39 is 23.8 Å². The van der Waals surface area contributed by atoms with Crippen molar-refractivity contribution in [1.82, 2.24) is 14.9 Å². The molecule has 0 bridgehead atoms. The number of nitrogens with one attached hydrogen (secondary N) is 1. The van der Waals surface area contributed by atoms with Gasteiger partial charge in [-0.05, 0) is 57.9 Å². The lowest BCUT2D eigenvalue weighted by Crippen LogP contribution is -2.46. The summed E-state index contributed by atoms with van der Waals surface area (Å²) in [6.45, 7) is 7.43. The van der Waals surface area contributed by atoms with Crippen molar-refractivity contribution < 1.29 is 18.3 Å². The van der Waals surface area contributed by atoms with Crippen molar-refractivity contribution in [2.75, 3.05) is 13.1 Å². The predicted octanol–water partition coefficient (Wildman–Crippen LogP) is 4.59. The van der Waals surface area contributed by atoms with Gasteiger partial charge >= 0.3 is 6.09 Å². The van der Waals surface area contributed by atoms with Crippen molar-refractivity contribution >= 4 is 6.09 Å². The third kappa shape index (κ3) is 4.46. The number of benzene rings is 1. The first-order chi connectivity index (χ1) is 12.6. The van der Waals surface area contributed by atoms with Gasteiger partial charge < -0.3 is 14.6 Å². The number of aromatic nitrogens is 2. The van der Waals surface area contributed by atoms with Crippen molar-refractivity contribution in [2.24, 2.45) is 0 Å². The highest BCUT2D eigenvalue weighted by Gasteiger charge is 2.35. The summed E-state index contributed by atoms with van der Waals surface area (Å²) >= 11 is 0. The molecular weight excluding hydrogens is 352 g/mol. The Hall–Kier alpha value is -2.44. The summed E-state index contributed by atoms with van der Waals surface area (Å²) in [6.07, 6.45) is 0.357. The molecule has 1 amide bonds. The molecule has 0 unspecified atom stereocenters. The minimum atomic E-state index is -1.24. The zero-order valence-corrected chi connectivity index (χ0v) is 16.1. The predicted molar refractivity (Wildman–Crippen MR) is 98.8 cm³/mol. The Kier molecular flexibility index (Phi) is 5.22. The Morgan fingerprint density at radius 2 is 2.11 bits per heavy atom. The monoisotopic (exact) mass is 377 g/mol. The number of carbonyl (C=O) groups is 1. The molecule has 3 rings (SSSR count). The van der Waals surface area contributed by atoms with Gasteiger partial charge in [-0.15, -0.1) is 0 Å². The maximum absolute atomic E-state index is 14.7. The minimum Gasteiger partial charge on any atom is -0.444 e. The third-order valence-corrected chi connectivity index (χ3v) is 4.61. The average molecular weight is 377 g/mol. The second kappa shape index (κ2) is 7.29. The van der Waals surface area contributed by atoms with E-state index >= 15 is 0 Å². The zero-order valence-electron chi connectivity index (χ0n) is 16.1. The van der Waals surface area contributed by atoms with Crippen molar-refractivity contribution in [3.8, 4) is 11.3 Å². The van der Waals surface area contributed by atoms with Gasteiger partial charge in [0.05, 0.1) is 24.4 Å². The van der Waals surface area contributed by atoms with Crippen LogP contribution in [0.25, 0.3) is 11.3 Å². The lowest BCUT2D eigenvalue weighted by molar-refractivity contribution is 0.0107. The summed E-state index contributed by atoms with van der Waals surface area (Å²) in [5.41, 5.74) is 1.45. The average Bonchev–Trinajstić information content (AvgIpc) is 3.05. The maximum Gasteiger partial charge on any atom is 0.410 e. The molecule has 7 heteroatoms. The standard InChI is InChI=1S/C20H25F2N3O2/c1-12-9-13(5-6-15(12)21)17-10-23-18(24-17)14-7-8-25(11-16(14)22)19(26)27-20(2,3)4/h5-6,9-10,14,16H,7-8,11H2,1-4H3,(H,23,24)/t14-,16+/m1/s1. The number of carbonyl (C=O) groups excluding carboxylic acids is 1. The first-order valence-electron chi connectivity index (χ1n) is 9.07. The Morgan fingerprint density at radius 3 is 2.74 bits per heavy atom. The normalized spacial score (nSPS) is 20.6. The summed E-state index contributed by atoms with van der Waals surface area (Å²) in [7, 11) is 0. The fourth-order valence-electron chi connectivity index (χ4n) is 3.19. The van der Waals surface area contributed by atoms with Crippen LogP contribution in [-0.2, 0) is 4.74 Å². The molecule has 27 heavy (non-hydrogen) atoms. The van der Waals surface area contributed by atoms with E-state index in [2.05, 4.69) is 9.97 Å². The van der Waals surface area contributed by atoms with Gasteiger partial charge in [0.25, 0.3) is 0 Å². The molecule has 1 aromatic heterocycles. The van der Waals surface area contributed by atoms with Crippen LogP contribution in [0.3, 0.4) is 0 Å². The number of hydrogen-bond acceptors (Lipinski definition) is 3. The van der Waals surface area contributed by atoms with E-state index in [1.807, 2.05) is 0 Å². The van der Waals surface area contributed by atoms with Gasteiger partial charge in [-0.2, -0.15) is 0 Å². The Bertz CT molecular complexity index is 829. The summed E-state index contributed by atoms with van der Waals surface area (Å²) in [4.78, 5) is 21.0. The number of alkyl halides is 1. The minimum absolute atomic E-state index is 0.0225. The van der Waals surface area contributed by atoms with Crippen LogP contribution in [0, 0.1) is 12.7 Å². The smallest absolute Gasteiger partial charge is 0.410 e. The largest absolute Gasteiger partial charge is 0.444 e. The Balaban J connectivity index is 1.69. The molecule has 5 nitrogen and oxygen atoms in total. The second-order valence-electron chi connectivity index (χ2n) is 7.98. The van der Waals surface area contributed by atoms with Crippen LogP contribution < -0.4 is 0 Å². The van der Waals surface area contributed by atoms with E-state index in [1.165, 1.54) is 11.0 Å². The highest BCUT2D eigenvalue weighted by atomic mass is 19.1. The molecule has 2 atom stereocenters. The van der Waals surface area contributed by atoms with E-state index in [0.29, 0.717) is 24.4 Å². The Labute approximate surface area is 157 Å². The number of ether oxygens (including phenoxy) is 1. The van der Waals surface area contributed by atoms with E-state index in [0.717, 1.165) is 11.3 Å². The molecule has 0 radical (unpaired) electrons. The number of aryl methyl sites for hydroxylation is 1. The molecule has 1 aliphatic heterocycles. The van der Waals surface area contributed by atoms with Crippen LogP contribution in [0.15, 0.2) is 24.4 Å². The van der Waals surface area contributed by atoms with E-state index in [-0.39, 0.29) is 12.4 Å². The highest BCUT2D eigenvalue weighted by Crippen LogP contribution is 2.31. The number of rotatable bonds is 2. The number of H-pyrrole nitrogens is 1. The van der Waals surface area contributed by atoms with Crippen LogP contribution >= 0.6 is 0 Å². The fraction of sp³-hybridized carbons (Fsp3) is 0.500. The second-order valence-corrected chi connectivity index (χ2v) is 7.98. The maximum atomic E-state index is 14.7. The van der Waals surface area contributed by atoms with Crippen molar-refractivity contribution in [3.05, 3.63) is 41.6 Å². The molecular formula is C20H25F2N3O2. The van der Waals surface area contributed by atoms with E-state index in [9.17, 15) is 13.6 Å². The number of aromatic amines is 1. The number of hydrogen-bond donors (Lipinski definition) is 1. The molecule has 2 aromatic rings. The molecule has 1 aromatic carbocycles. The van der Waals surface area contributed by atoms with Gasteiger partial charge in [0.15, 0.2) is 0 Å². The molecule has 1 fully saturated rings. The molecule has 1 aliphatic rings. The van der Waals surface area contributed by atoms with Crippen molar-refractivity contribution in [3.63, 3.8) is 0 Å². The van der Waals surface area contributed by atoms with Crippen LogP contribution in [0.4, 0.5) is 13.6 Å². The quantitative estimate of drug-likeness (QED) is 0.833. The highest BCUT2D eigenvalue weighted by molar-refractivity contribution is 5.68. The van der Waals surface area contributed by atoms with Crippen LogP contribution in [0.2, 0.25) is 0 Å². The summed E-state index contributed by atoms with van der Waals surface area (Å²) in [5.74, 6) is -0.140. The van der Waals surface area contributed by atoms with Gasteiger partial charge in [0, 0.05) is 12.1 Å². The fourth-order valence-corrected chi connectivity index (χ4v) is 3.19. The van der Waals surface area contributed by atoms with Crippen LogP contribution in [-0.4, -0.2) is 45.8 Å². The molecule has 2 heterocycles. The van der Waals surface area contributed by atoms with E-state index in [4.69, 9.17) is 4.74 Å². The van der Waals surface area contributed by atoms with Crippen molar-refractivity contribution in [1.29, 1.82) is 0 Å². The number of piperidine rings is 1. The van der Waals surface area contributed by atoms with Gasteiger partial charge in [0.1, 0.15) is 23.4 Å². The molecule has 146 valence electrons. The number of amides is 1. The molecule has 1 N–H and O–H groups in total. The Morgan fingerprint density at radius 1 is 1.37 bits per heavy atom. The molecule has 0 saturated carbocycles. The zero-order chi connectivity index (χ0) is 19.8. The first-order valence-corrected chi connectivity index (χ1v) is 9.07. The SMILES string of the molecule is Cc1cc(-c2cnc([C@@H]3CCN(C(=O)OC(C)(C)C)C[C@@H]3F)[nH]2)ccc1F. The third-order valence-electron chi connectivity index (χ3n) is 4.61.